The predicted octanol–water partition coefficient (Wildman–Crippen LogP) is 1.63. The van der Waals surface area contributed by atoms with Gasteiger partial charge in [0.05, 0.1) is 37.4 Å². The van der Waals surface area contributed by atoms with Crippen LogP contribution in [0.25, 0.3) is 0 Å². The van der Waals surface area contributed by atoms with Gasteiger partial charge in [-0.3, -0.25) is 4.79 Å². The molecule has 374 valence electrons. The molecule has 12 atom stereocenters. The van der Waals surface area contributed by atoms with Gasteiger partial charge in [-0.1, -0.05) is 0 Å². The van der Waals surface area contributed by atoms with Crippen LogP contribution in [-0.2, 0) is 38.0 Å². The first-order valence-electron chi connectivity index (χ1n) is 21.9. The summed E-state index contributed by atoms with van der Waals surface area (Å²) in [5.74, 6) is -1.88. The van der Waals surface area contributed by atoms with E-state index in [1.807, 2.05) is 0 Å². The average molecular weight is 933 g/mol. The second-order valence-corrected chi connectivity index (χ2v) is 21.0. The van der Waals surface area contributed by atoms with Crippen molar-refractivity contribution in [3.05, 3.63) is 11.8 Å². The van der Waals surface area contributed by atoms with Crippen LogP contribution in [0.4, 0.5) is 19.2 Å². The van der Waals surface area contributed by atoms with Crippen molar-refractivity contribution >= 4 is 30.3 Å². The summed E-state index contributed by atoms with van der Waals surface area (Å²) in [6, 6.07) is -4.74. The number of rotatable bonds is 12. The van der Waals surface area contributed by atoms with E-state index in [0.717, 1.165) is 4.90 Å². The van der Waals surface area contributed by atoms with Gasteiger partial charge in [0.25, 0.3) is 0 Å². The molecule has 2 fully saturated rings. The molecule has 1 aliphatic carbocycles. The van der Waals surface area contributed by atoms with Crippen LogP contribution in [0.3, 0.4) is 0 Å². The van der Waals surface area contributed by atoms with Crippen LogP contribution in [0, 0.1) is 5.92 Å². The molecule has 2 aliphatic heterocycles. The van der Waals surface area contributed by atoms with Crippen LogP contribution in [-0.4, -0.2) is 171 Å². The Labute approximate surface area is 381 Å². The van der Waals surface area contributed by atoms with Gasteiger partial charge >= 0.3 is 24.4 Å². The van der Waals surface area contributed by atoms with Crippen molar-refractivity contribution in [3.8, 4) is 0 Å². The van der Waals surface area contributed by atoms with Crippen LogP contribution in [0.15, 0.2) is 11.8 Å². The Morgan fingerprint density at radius 3 is 1.86 bits per heavy atom. The molecule has 0 radical (unpaired) electrons. The number of amides is 5. The minimum atomic E-state index is -1.85. The number of nitrogens with zero attached hydrogens (tertiary/aromatic N) is 1. The quantitative estimate of drug-likeness (QED) is 0.126. The first kappa shape index (κ1) is 55.1. The van der Waals surface area contributed by atoms with E-state index in [9.17, 15) is 44.4 Å². The molecule has 3 rings (SSSR count). The van der Waals surface area contributed by atoms with E-state index < -0.39 is 132 Å². The van der Waals surface area contributed by atoms with Crippen molar-refractivity contribution in [3.63, 3.8) is 0 Å². The van der Waals surface area contributed by atoms with Gasteiger partial charge in [-0.25, -0.2) is 19.2 Å². The van der Waals surface area contributed by atoms with E-state index in [1.165, 1.54) is 14.0 Å². The third-order valence-electron chi connectivity index (χ3n) is 10.3. The highest BCUT2D eigenvalue weighted by atomic mass is 16.7. The zero-order chi connectivity index (χ0) is 49.6. The van der Waals surface area contributed by atoms with Crippen LogP contribution >= 0.6 is 0 Å². The monoisotopic (exact) mass is 933 g/mol. The van der Waals surface area contributed by atoms with Crippen LogP contribution in [0.5, 0.6) is 0 Å². The normalized spacial score (nSPS) is 30.3. The minimum Gasteiger partial charge on any atom is -0.491 e. The lowest BCUT2D eigenvalue weighted by Gasteiger charge is -2.52. The predicted molar refractivity (Wildman–Crippen MR) is 233 cm³/mol. The molecule has 0 spiro atoms. The lowest BCUT2D eigenvalue weighted by Crippen LogP contribution is -2.71. The summed E-state index contributed by atoms with van der Waals surface area (Å²) in [5.41, 5.74) is 0.571. The molecule has 0 aromatic carbocycles. The fraction of sp³-hybridized carbons (Fsp3) is 0.837. The molecule has 22 heteroatoms. The number of carbonyl (C=O) groups excluding carboxylic acids is 5. The van der Waals surface area contributed by atoms with E-state index in [4.69, 9.17) is 38.9 Å². The molecule has 1 saturated carbocycles. The Balaban J connectivity index is 2.12. The Morgan fingerprint density at radius 1 is 0.815 bits per heavy atom. The van der Waals surface area contributed by atoms with Gasteiger partial charge in [-0.15, -0.1) is 0 Å². The van der Waals surface area contributed by atoms with Crippen molar-refractivity contribution in [1.29, 1.82) is 0 Å². The first-order chi connectivity index (χ1) is 29.6. The smallest absolute Gasteiger partial charge is 0.410 e. The molecular weight excluding hydrogens is 856 g/mol. The van der Waals surface area contributed by atoms with Crippen LogP contribution in [0.2, 0.25) is 0 Å². The van der Waals surface area contributed by atoms with Gasteiger partial charge in [0.1, 0.15) is 58.2 Å². The highest BCUT2D eigenvalue weighted by molar-refractivity contribution is 5.81. The number of alkyl carbamates (subject to hydrolysis) is 3. The maximum absolute atomic E-state index is 13.8. The SMILES string of the molecule is CN(C(=O)OC(C)(C)C)[C@@H]1[C@@H](O)[C@@H](O[C@H]2[C@H](NC(=O)[C@@H](O)CCNC(=O)OC(C)(C)C)C[C@H](NC(=O)OC(C)(C)C)C([C@H]3OC(CN)=CC[C@H]3NC(=O)OC(C)(C)C)[C@@H]2O)OC[C@]1(C)O. The minimum absolute atomic E-state index is 0.0729. The zero-order valence-electron chi connectivity index (χ0n) is 40.4. The highest BCUT2D eigenvalue weighted by Crippen LogP contribution is 2.39. The van der Waals surface area contributed by atoms with Gasteiger partial charge in [0, 0.05) is 25.6 Å². The molecule has 1 unspecified atom stereocenters. The molecule has 22 nitrogen and oxygen atoms in total. The van der Waals surface area contributed by atoms with Crippen LogP contribution in [0.1, 0.15) is 109 Å². The number of nitrogens with one attached hydrogen (secondary N) is 4. The zero-order valence-corrected chi connectivity index (χ0v) is 40.4. The molecule has 2 heterocycles. The number of carbonyl (C=O) groups is 5. The first-order valence-corrected chi connectivity index (χ1v) is 21.9. The van der Waals surface area contributed by atoms with Crippen molar-refractivity contribution in [1.82, 2.24) is 26.2 Å². The van der Waals surface area contributed by atoms with E-state index in [2.05, 4.69) is 21.3 Å². The summed E-state index contributed by atoms with van der Waals surface area (Å²) in [5, 5.41) is 57.8. The highest BCUT2D eigenvalue weighted by Gasteiger charge is 2.56. The van der Waals surface area contributed by atoms with E-state index in [1.54, 1.807) is 89.2 Å². The molecule has 0 aromatic heterocycles. The number of hydrogen-bond acceptors (Lipinski definition) is 17. The van der Waals surface area contributed by atoms with Gasteiger partial charge < -0.3 is 85.5 Å². The molecule has 0 bridgehead atoms. The molecular formula is C43H76N6O16. The lowest BCUT2D eigenvalue weighted by atomic mass is 9.72. The third kappa shape index (κ3) is 16.9. The Hall–Kier alpha value is -4.19. The molecule has 65 heavy (non-hydrogen) atoms. The Morgan fingerprint density at radius 2 is 1.34 bits per heavy atom. The van der Waals surface area contributed by atoms with Crippen molar-refractivity contribution in [2.45, 2.75) is 198 Å². The Kier molecular flexibility index (Phi) is 18.3. The van der Waals surface area contributed by atoms with Crippen molar-refractivity contribution < 1.29 is 77.6 Å². The molecule has 0 aromatic rings. The van der Waals surface area contributed by atoms with Gasteiger partial charge in [0.15, 0.2) is 6.29 Å². The largest absolute Gasteiger partial charge is 0.491 e. The molecule has 1 saturated heterocycles. The average Bonchev–Trinajstić information content (AvgIpc) is 3.11. The van der Waals surface area contributed by atoms with E-state index >= 15 is 0 Å². The molecule has 5 amide bonds. The number of ether oxygens (including phenoxy) is 7. The maximum atomic E-state index is 13.8. The van der Waals surface area contributed by atoms with Gasteiger partial charge in [0.2, 0.25) is 5.91 Å². The summed E-state index contributed by atoms with van der Waals surface area (Å²) in [6.07, 6.45) is -11.8. The summed E-state index contributed by atoms with van der Waals surface area (Å²) in [7, 11) is 1.32. The fourth-order valence-corrected chi connectivity index (χ4v) is 7.74. The topological polar surface area (TPSA) is 308 Å². The number of hydrogen-bond donors (Lipinski definition) is 9. The van der Waals surface area contributed by atoms with E-state index in [-0.39, 0.29) is 32.4 Å². The van der Waals surface area contributed by atoms with Crippen molar-refractivity contribution in [2.24, 2.45) is 11.7 Å². The summed E-state index contributed by atoms with van der Waals surface area (Å²) < 4.78 is 40.5. The number of aliphatic hydroxyl groups excluding tert-OH is 3. The number of likely N-dealkylation sites (N-methyl/N-ethyl adjacent to an activating group) is 1. The fourth-order valence-electron chi connectivity index (χ4n) is 7.74. The van der Waals surface area contributed by atoms with E-state index in [0.29, 0.717) is 5.76 Å². The second kappa shape index (κ2) is 21.6. The second-order valence-electron chi connectivity index (χ2n) is 21.0. The maximum Gasteiger partial charge on any atom is 0.410 e. The molecule has 3 aliphatic rings. The lowest BCUT2D eigenvalue weighted by molar-refractivity contribution is -0.305. The van der Waals surface area contributed by atoms with Gasteiger partial charge in [-0.2, -0.15) is 0 Å². The summed E-state index contributed by atoms with van der Waals surface area (Å²) in [6.45, 7) is 20.6. The van der Waals surface area contributed by atoms with Crippen LogP contribution < -0.4 is 27.0 Å². The van der Waals surface area contributed by atoms with Crippen molar-refractivity contribution in [2.75, 3.05) is 26.7 Å². The van der Waals surface area contributed by atoms with Gasteiger partial charge in [-0.05, 0) is 115 Å². The standard InChI is InChI=1S/C43H76N6O16/c1-39(2,3)62-35(54)45-18-17-26(50)33(53)46-25-19-24(48-37(56)64-41(7,8)9)27(30-23(16-15-22(20-44)60-30)47-36(55)63-40(4,5)6)28(51)31(25)61-34-29(52)32(43(13,58)21-59-34)49(14)38(57)65-42(10,11)12/h15,23-32,34,50-52,58H,16-21,44H2,1-14H3,(H,45,54)(H,46,53)(H,47,55)(H,48,56)/t23-,24+,25-,26+,27?,28+,29-,30+,31+,32-,34-,43+/m1/s1. The summed E-state index contributed by atoms with van der Waals surface area (Å²) in [4.78, 5) is 67.1. The number of aliphatic hydroxyl groups is 4. The third-order valence-corrected chi connectivity index (χ3v) is 10.3. The summed E-state index contributed by atoms with van der Waals surface area (Å²) >= 11 is 0. The number of nitrogens with two attached hydrogens (primary N) is 1. The molecule has 10 N–H and O–H groups in total. The Bertz CT molecular complexity index is 1680.